The Balaban J connectivity index is 1.64. The fourth-order valence-corrected chi connectivity index (χ4v) is 6.78. The standard InChI is InChI=1S/C27H39NO5S2/c1-6-24-22-15-27(4,5)11-9-21(22)26(34-24)23(30)8-7-19-13-17(2)25(18(3)14-19)33-16-20(29)10-12-35(28,31)32/h13-14,20,29H,6-12,15-16H2,1-5H3,(H2,28,31,32). The molecule has 1 atom stereocenters. The molecule has 35 heavy (non-hydrogen) atoms. The summed E-state index contributed by atoms with van der Waals surface area (Å²) in [6.45, 7) is 10.7. The molecule has 1 unspecified atom stereocenters. The Morgan fingerprint density at radius 1 is 1.23 bits per heavy atom. The molecule has 0 fully saturated rings. The third kappa shape index (κ3) is 7.38. The zero-order chi connectivity index (χ0) is 26.0. The lowest BCUT2D eigenvalue weighted by atomic mass is 9.74. The first-order chi connectivity index (χ1) is 16.3. The molecule has 0 bridgehead atoms. The summed E-state index contributed by atoms with van der Waals surface area (Å²) in [5.41, 5.74) is 5.96. The molecule has 2 aromatic rings. The number of ether oxygens (including phenoxy) is 1. The number of Topliss-reactive ketones (excluding diaryl/α,β-unsaturated/α-hetero) is 1. The number of aliphatic hydroxyl groups excluding tert-OH is 1. The van der Waals surface area contributed by atoms with E-state index in [4.69, 9.17) is 9.88 Å². The average Bonchev–Trinajstić information content (AvgIpc) is 3.11. The Morgan fingerprint density at radius 3 is 2.49 bits per heavy atom. The number of benzene rings is 1. The number of ketones is 1. The van der Waals surface area contributed by atoms with Crippen LogP contribution in [0.1, 0.15) is 82.4 Å². The van der Waals surface area contributed by atoms with Crippen molar-refractivity contribution < 1.29 is 23.1 Å². The monoisotopic (exact) mass is 521 g/mol. The number of hydrogen-bond donors (Lipinski definition) is 2. The summed E-state index contributed by atoms with van der Waals surface area (Å²) >= 11 is 1.70. The number of nitrogens with two attached hydrogens (primary N) is 1. The van der Waals surface area contributed by atoms with E-state index in [1.165, 1.54) is 16.0 Å². The normalized spacial score (nSPS) is 16.1. The predicted molar refractivity (Wildman–Crippen MR) is 142 cm³/mol. The summed E-state index contributed by atoms with van der Waals surface area (Å²) in [5, 5.41) is 15.0. The fourth-order valence-electron chi connectivity index (χ4n) is 4.91. The van der Waals surface area contributed by atoms with Gasteiger partial charge in [-0.25, -0.2) is 13.6 Å². The van der Waals surface area contributed by atoms with E-state index in [9.17, 15) is 18.3 Å². The number of hydrogen-bond acceptors (Lipinski definition) is 6. The molecule has 6 nitrogen and oxygen atoms in total. The van der Waals surface area contributed by atoms with E-state index in [2.05, 4.69) is 20.8 Å². The van der Waals surface area contributed by atoms with E-state index in [0.717, 1.165) is 47.3 Å². The minimum absolute atomic E-state index is 0.00487. The third-order valence-electron chi connectivity index (χ3n) is 6.80. The van der Waals surface area contributed by atoms with Crippen molar-refractivity contribution >= 4 is 27.1 Å². The molecule has 194 valence electrons. The zero-order valence-corrected chi connectivity index (χ0v) is 23.2. The molecule has 0 aliphatic heterocycles. The van der Waals surface area contributed by atoms with Crippen LogP contribution in [0, 0.1) is 19.3 Å². The van der Waals surface area contributed by atoms with E-state index in [1.54, 1.807) is 11.3 Å². The molecule has 3 rings (SSSR count). The van der Waals surface area contributed by atoms with Gasteiger partial charge in [-0.1, -0.05) is 32.9 Å². The second-order valence-electron chi connectivity index (χ2n) is 10.6. The number of aryl methyl sites for hydroxylation is 4. The van der Waals surface area contributed by atoms with Crippen molar-refractivity contribution in [2.75, 3.05) is 12.4 Å². The molecule has 1 heterocycles. The molecular weight excluding hydrogens is 482 g/mol. The number of thiophene rings is 1. The van der Waals surface area contributed by atoms with E-state index < -0.39 is 16.1 Å². The largest absolute Gasteiger partial charge is 0.490 e. The van der Waals surface area contributed by atoms with Crippen molar-refractivity contribution in [3.05, 3.63) is 49.7 Å². The smallest absolute Gasteiger partial charge is 0.209 e. The van der Waals surface area contributed by atoms with Gasteiger partial charge in [0.2, 0.25) is 10.0 Å². The van der Waals surface area contributed by atoms with Crippen molar-refractivity contribution in [3.8, 4) is 5.75 Å². The van der Waals surface area contributed by atoms with Gasteiger partial charge in [0.05, 0.1) is 16.7 Å². The summed E-state index contributed by atoms with van der Waals surface area (Å²) in [7, 11) is -3.61. The van der Waals surface area contributed by atoms with Gasteiger partial charge in [-0.15, -0.1) is 11.3 Å². The maximum atomic E-state index is 13.2. The van der Waals surface area contributed by atoms with Gasteiger partial charge in [-0.3, -0.25) is 4.79 Å². The molecule has 0 saturated heterocycles. The number of fused-ring (bicyclic) bond motifs is 1. The molecule has 0 spiro atoms. The Bertz CT molecular complexity index is 1160. The SMILES string of the molecule is CCc1sc(C(=O)CCc2cc(C)c(OCC(O)CCS(N)(=O)=O)c(C)c2)c2c1CC(C)(C)CC2. The number of aliphatic hydroxyl groups is 1. The van der Waals surface area contributed by atoms with E-state index in [-0.39, 0.29) is 24.6 Å². The van der Waals surface area contributed by atoms with Gasteiger partial charge in [-0.2, -0.15) is 0 Å². The minimum Gasteiger partial charge on any atom is -0.490 e. The van der Waals surface area contributed by atoms with Crippen molar-refractivity contribution in [3.63, 3.8) is 0 Å². The second kappa shape index (κ2) is 11.1. The first kappa shape index (κ1) is 27.8. The molecule has 1 aromatic carbocycles. The Labute approximate surface area is 213 Å². The lowest BCUT2D eigenvalue weighted by Gasteiger charge is -2.30. The molecule has 0 saturated carbocycles. The molecule has 0 amide bonds. The summed E-state index contributed by atoms with van der Waals surface area (Å²) in [5.74, 6) is 0.629. The first-order valence-electron chi connectivity index (χ1n) is 12.4. The number of carbonyl (C=O) groups excluding carboxylic acids is 1. The highest BCUT2D eigenvalue weighted by molar-refractivity contribution is 7.89. The topological polar surface area (TPSA) is 107 Å². The number of sulfonamides is 1. The first-order valence-corrected chi connectivity index (χ1v) is 14.9. The van der Waals surface area contributed by atoms with Crippen molar-refractivity contribution in [1.29, 1.82) is 0 Å². The highest BCUT2D eigenvalue weighted by atomic mass is 32.2. The molecule has 8 heteroatoms. The van der Waals surface area contributed by atoms with Crippen molar-refractivity contribution in [1.82, 2.24) is 0 Å². The van der Waals surface area contributed by atoms with Gasteiger partial charge in [0.25, 0.3) is 0 Å². The molecule has 1 aliphatic carbocycles. The van der Waals surface area contributed by atoms with E-state index in [0.29, 0.717) is 24.0 Å². The summed E-state index contributed by atoms with van der Waals surface area (Å²) in [6.07, 6.45) is 4.41. The Hall–Kier alpha value is -1.74. The molecular formula is C27H39NO5S2. The summed E-state index contributed by atoms with van der Waals surface area (Å²) in [6, 6.07) is 4.05. The minimum atomic E-state index is -3.61. The van der Waals surface area contributed by atoms with Crippen LogP contribution in [0.5, 0.6) is 5.75 Å². The van der Waals surface area contributed by atoms with Crippen LogP contribution in [0.2, 0.25) is 0 Å². The predicted octanol–water partition coefficient (Wildman–Crippen LogP) is 4.68. The molecule has 3 N–H and O–H groups in total. The van der Waals surface area contributed by atoms with Gasteiger partial charge in [-0.05, 0) is 85.6 Å². The van der Waals surface area contributed by atoms with Crippen LogP contribution in [0.4, 0.5) is 0 Å². The van der Waals surface area contributed by atoms with Crippen molar-refractivity contribution in [2.45, 2.75) is 85.7 Å². The highest BCUT2D eigenvalue weighted by Crippen LogP contribution is 2.42. The lowest BCUT2D eigenvalue weighted by molar-refractivity contribution is 0.0984. The Morgan fingerprint density at radius 2 is 1.89 bits per heavy atom. The maximum Gasteiger partial charge on any atom is 0.209 e. The summed E-state index contributed by atoms with van der Waals surface area (Å²) in [4.78, 5) is 15.6. The van der Waals surface area contributed by atoms with Gasteiger partial charge in [0, 0.05) is 11.3 Å². The van der Waals surface area contributed by atoms with Crippen LogP contribution in [0.15, 0.2) is 12.1 Å². The molecule has 1 aromatic heterocycles. The lowest BCUT2D eigenvalue weighted by Crippen LogP contribution is -2.25. The maximum absolute atomic E-state index is 13.2. The van der Waals surface area contributed by atoms with Gasteiger partial charge >= 0.3 is 0 Å². The zero-order valence-electron chi connectivity index (χ0n) is 21.6. The average molecular weight is 522 g/mol. The van der Waals surface area contributed by atoms with Gasteiger partial charge < -0.3 is 9.84 Å². The highest BCUT2D eigenvalue weighted by Gasteiger charge is 2.31. The second-order valence-corrected chi connectivity index (χ2v) is 13.4. The Kier molecular flexibility index (Phi) is 8.84. The van der Waals surface area contributed by atoms with Crippen LogP contribution in [-0.2, 0) is 35.7 Å². The molecule has 0 radical (unpaired) electrons. The van der Waals surface area contributed by atoms with Gasteiger partial charge in [0.1, 0.15) is 12.4 Å². The van der Waals surface area contributed by atoms with Gasteiger partial charge in [0.15, 0.2) is 5.78 Å². The van der Waals surface area contributed by atoms with Crippen LogP contribution in [-0.4, -0.2) is 37.8 Å². The van der Waals surface area contributed by atoms with Crippen LogP contribution in [0.25, 0.3) is 0 Å². The van der Waals surface area contributed by atoms with Crippen LogP contribution < -0.4 is 9.88 Å². The van der Waals surface area contributed by atoms with E-state index >= 15 is 0 Å². The van der Waals surface area contributed by atoms with E-state index in [1.807, 2.05) is 26.0 Å². The third-order valence-corrected chi connectivity index (χ3v) is 9.06. The van der Waals surface area contributed by atoms with Crippen LogP contribution >= 0.6 is 11.3 Å². The van der Waals surface area contributed by atoms with Crippen LogP contribution in [0.3, 0.4) is 0 Å². The summed E-state index contributed by atoms with van der Waals surface area (Å²) < 4.78 is 27.9. The van der Waals surface area contributed by atoms with Crippen molar-refractivity contribution in [2.24, 2.45) is 10.6 Å². The quantitative estimate of drug-likeness (QED) is 0.418. The molecule has 1 aliphatic rings. The fraction of sp³-hybridized carbons (Fsp3) is 0.593. The number of carbonyl (C=O) groups is 1. The number of primary sulfonamides is 1. The number of rotatable bonds is 11.